The van der Waals surface area contributed by atoms with Gasteiger partial charge < -0.3 is 4.57 Å². The van der Waals surface area contributed by atoms with Crippen molar-refractivity contribution < 1.29 is 0 Å². The Balaban J connectivity index is 1.21. The summed E-state index contributed by atoms with van der Waals surface area (Å²) in [7, 11) is 0. The van der Waals surface area contributed by atoms with Crippen molar-refractivity contribution in [2.45, 2.75) is 51.5 Å². The molecule has 51 heavy (non-hydrogen) atoms. The van der Waals surface area contributed by atoms with Crippen molar-refractivity contribution in [2.24, 2.45) is 0 Å². The molecular weight excluding hydrogens is 617 g/mol. The number of para-hydroxylation sites is 1. The Labute approximate surface area is 299 Å². The van der Waals surface area contributed by atoms with Crippen molar-refractivity contribution in [1.29, 1.82) is 0 Å². The Morgan fingerprint density at radius 1 is 0.667 bits per heavy atom. The lowest BCUT2D eigenvalue weighted by molar-refractivity contribution is 0.591. The van der Waals surface area contributed by atoms with Gasteiger partial charge >= 0.3 is 0 Å². The molecule has 0 bridgehead atoms. The van der Waals surface area contributed by atoms with Crippen LogP contribution in [0.4, 0.5) is 0 Å². The third-order valence-electron chi connectivity index (χ3n) is 11.4. The fourth-order valence-corrected chi connectivity index (χ4v) is 8.81. The van der Waals surface area contributed by atoms with Crippen molar-refractivity contribution in [1.82, 2.24) is 9.55 Å². The highest BCUT2D eigenvalue weighted by molar-refractivity contribution is 6.27. The Morgan fingerprint density at radius 3 is 2.20 bits per heavy atom. The van der Waals surface area contributed by atoms with E-state index in [2.05, 4.69) is 158 Å². The van der Waals surface area contributed by atoms with Crippen LogP contribution in [0.25, 0.3) is 77.1 Å². The first-order valence-corrected chi connectivity index (χ1v) is 18.4. The van der Waals surface area contributed by atoms with Crippen LogP contribution in [0.2, 0.25) is 0 Å². The highest BCUT2D eigenvalue weighted by Gasteiger charge is 2.25. The molecule has 10 rings (SSSR count). The molecule has 246 valence electrons. The van der Waals surface area contributed by atoms with E-state index in [0.29, 0.717) is 0 Å². The molecule has 2 nitrogen and oxygen atoms in total. The molecule has 2 heteroatoms. The van der Waals surface area contributed by atoms with Gasteiger partial charge in [-0.05, 0) is 114 Å². The second-order valence-corrected chi connectivity index (χ2v) is 15.5. The molecule has 0 saturated carbocycles. The van der Waals surface area contributed by atoms with Crippen LogP contribution in [0, 0.1) is 0 Å². The topological polar surface area (TPSA) is 17.8 Å². The van der Waals surface area contributed by atoms with E-state index in [1.165, 1.54) is 87.9 Å². The van der Waals surface area contributed by atoms with Crippen molar-refractivity contribution in [3.8, 4) is 22.3 Å². The zero-order valence-corrected chi connectivity index (χ0v) is 29.4. The van der Waals surface area contributed by atoms with Crippen LogP contribution in [0.3, 0.4) is 0 Å². The number of nitrogens with zero attached hydrogens (tertiary/aromatic N) is 2. The minimum atomic E-state index is 0.0706. The molecule has 0 radical (unpaired) electrons. The monoisotopic (exact) mass is 656 g/mol. The molecule has 2 heterocycles. The second-order valence-electron chi connectivity index (χ2n) is 15.5. The zero-order chi connectivity index (χ0) is 34.3. The molecular formula is C49H40N2. The Bertz CT molecular complexity index is 2710. The number of aromatic nitrogens is 2. The minimum absolute atomic E-state index is 0.0706. The van der Waals surface area contributed by atoms with Gasteiger partial charge in [0.25, 0.3) is 0 Å². The first kappa shape index (κ1) is 30.1. The molecule has 0 aliphatic heterocycles. The lowest BCUT2D eigenvalue weighted by atomic mass is 9.81. The van der Waals surface area contributed by atoms with E-state index in [-0.39, 0.29) is 11.5 Å². The fraction of sp³-hybridized carbons (Fsp3) is 0.163. The summed E-state index contributed by atoms with van der Waals surface area (Å²) in [5.74, 6) is 0. The molecule has 0 spiro atoms. The van der Waals surface area contributed by atoms with Crippen LogP contribution in [0.1, 0.15) is 62.0 Å². The standard InChI is InChI=1S/C49H40N2/c1-49(2,3)37-26-34-21-23-41-43(32-19-17-31(18-20-32)36-11-9-25-50-30-36)29-44(42-24-22-35(27-37)47(34)48(41)42)33-10-8-12-38(28-33)51-45-15-6-4-13-39(45)40-14-5-7-16-46(40)51/h4-6,8-11,13-15,17-30,38H,7,12,16H2,1-3H3. The molecule has 8 aromatic rings. The number of rotatable bonds is 4. The van der Waals surface area contributed by atoms with E-state index < -0.39 is 0 Å². The van der Waals surface area contributed by atoms with Crippen molar-refractivity contribution in [3.05, 3.63) is 162 Å². The van der Waals surface area contributed by atoms with E-state index in [0.717, 1.165) is 24.8 Å². The molecule has 2 aromatic heterocycles. The Kier molecular flexibility index (Phi) is 6.73. The van der Waals surface area contributed by atoms with Gasteiger partial charge in [-0.1, -0.05) is 136 Å². The molecule has 1 unspecified atom stereocenters. The Morgan fingerprint density at radius 2 is 1.43 bits per heavy atom. The molecule has 0 N–H and O–H groups in total. The van der Waals surface area contributed by atoms with Crippen LogP contribution in [-0.2, 0) is 11.8 Å². The molecule has 0 saturated heterocycles. The molecule has 0 amide bonds. The van der Waals surface area contributed by atoms with Crippen LogP contribution in [0.5, 0.6) is 0 Å². The van der Waals surface area contributed by atoms with Crippen molar-refractivity contribution in [3.63, 3.8) is 0 Å². The quantitative estimate of drug-likeness (QED) is 0.172. The zero-order valence-electron chi connectivity index (χ0n) is 29.4. The van der Waals surface area contributed by atoms with Gasteiger partial charge in [0.2, 0.25) is 0 Å². The van der Waals surface area contributed by atoms with Gasteiger partial charge in [-0.3, -0.25) is 4.98 Å². The minimum Gasteiger partial charge on any atom is -0.337 e. The first-order valence-electron chi connectivity index (χ1n) is 18.4. The van der Waals surface area contributed by atoms with Crippen LogP contribution in [0.15, 0.2) is 140 Å². The number of hydrogen-bond acceptors (Lipinski definition) is 1. The van der Waals surface area contributed by atoms with Crippen molar-refractivity contribution >= 4 is 54.9 Å². The summed E-state index contributed by atoms with van der Waals surface area (Å²) in [4.78, 5) is 4.36. The largest absolute Gasteiger partial charge is 0.337 e. The maximum atomic E-state index is 4.36. The SMILES string of the molecule is CC(C)(C)c1cc2ccc3c(C4=CC(n5c6c(c7ccccc75)C=CCC6)CC=C4)cc(-c4ccc(-c5cccnc5)cc4)c4ccc(c1)c2c34. The van der Waals surface area contributed by atoms with E-state index >= 15 is 0 Å². The van der Waals surface area contributed by atoms with Gasteiger partial charge in [-0.25, -0.2) is 0 Å². The average molecular weight is 657 g/mol. The maximum Gasteiger partial charge on any atom is 0.0563 e. The van der Waals surface area contributed by atoms with Gasteiger partial charge in [0.15, 0.2) is 0 Å². The lowest BCUT2D eigenvalue weighted by Crippen LogP contribution is -2.13. The highest BCUT2D eigenvalue weighted by atomic mass is 15.0. The highest BCUT2D eigenvalue weighted by Crippen LogP contribution is 2.46. The van der Waals surface area contributed by atoms with Gasteiger partial charge in [0.1, 0.15) is 0 Å². The second kappa shape index (κ2) is 11.4. The van der Waals surface area contributed by atoms with Gasteiger partial charge in [-0.2, -0.15) is 0 Å². The van der Waals surface area contributed by atoms with E-state index in [9.17, 15) is 0 Å². The smallest absolute Gasteiger partial charge is 0.0563 e. The third kappa shape index (κ3) is 4.81. The maximum absolute atomic E-state index is 4.36. The summed E-state index contributed by atoms with van der Waals surface area (Å²) in [6.07, 6.45) is 18.9. The number of pyridine rings is 1. The van der Waals surface area contributed by atoms with E-state index in [1.54, 1.807) is 0 Å². The van der Waals surface area contributed by atoms with Crippen LogP contribution >= 0.6 is 0 Å². The predicted octanol–water partition coefficient (Wildman–Crippen LogP) is 13.1. The molecule has 6 aromatic carbocycles. The molecule has 2 aliphatic rings. The first-order chi connectivity index (χ1) is 24.9. The average Bonchev–Trinajstić information content (AvgIpc) is 3.51. The van der Waals surface area contributed by atoms with Gasteiger partial charge in [-0.15, -0.1) is 0 Å². The number of fused-ring (bicyclic) bond motifs is 3. The van der Waals surface area contributed by atoms with Crippen LogP contribution < -0.4 is 0 Å². The predicted molar refractivity (Wildman–Crippen MR) is 218 cm³/mol. The number of benzene rings is 6. The summed E-state index contributed by atoms with van der Waals surface area (Å²) >= 11 is 0. The summed E-state index contributed by atoms with van der Waals surface area (Å²) in [6, 6.07) is 39.2. The molecule has 1 atom stereocenters. The summed E-state index contributed by atoms with van der Waals surface area (Å²) in [6.45, 7) is 6.93. The number of allylic oxidation sites excluding steroid dienone is 5. The normalized spacial score (nSPS) is 16.1. The van der Waals surface area contributed by atoms with E-state index in [4.69, 9.17) is 0 Å². The van der Waals surface area contributed by atoms with Crippen molar-refractivity contribution in [2.75, 3.05) is 0 Å². The third-order valence-corrected chi connectivity index (χ3v) is 11.4. The number of hydrogen-bond donors (Lipinski definition) is 0. The van der Waals surface area contributed by atoms with Crippen LogP contribution in [-0.4, -0.2) is 9.55 Å². The van der Waals surface area contributed by atoms with Gasteiger partial charge in [0, 0.05) is 34.6 Å². The molecule has 0 fully saturated rings. The fourth-order valence-electron chi connectivity index (χ4n) is 8.81. The summed E-state index contributed by atoms with van der Waals surface area (Å²) < 4.78 is 2.64. The molecule has 2 aliphatic carbocycles. The summed E-state index contributed by atoms with van der Waals surface area (Å²) in [5, 5.41) is 9.34. The Hall–Kier alpha value is -5.73. The van der Waals surface area contributed by atoms with E-state index in [1.807, 2.05) is 18.5 Å². The lowest BCUT2D eigenvalue weighted by Gasteiger charge is -2.25. The summed E-state index contributed by atoms with van der Waals surface area (Å²) in [5.41, 5.74) is 13.1. The van der Waals surface area contributed by atoms with Gasteiger partial charge in [0.05, 0.1) is 6.04 Å².